The molecule has 0 radical (unpaired) electrons. The number of hydrogen-bond donors (Lipinski definition) is 3. The molecule has 6 aromatic heterocycles. The van der Waals surface area contributed by atoms with E-state index in [9.17, 15) is 4.79 Å². The van der Waals surface area contributed by atoms with Crippen LogP contribution in [0, 0.1) is 12.8 Å². The Morgan fingerprint density at radius 3 is 2.69 bits per heavy atom. The number of aryl methyl sites for hydroxylation is 1. The molecule has 3 N–H and O–H groups in total. The number of carbonyl (C=O) groups excluding carboxylic acids is 1. The number of hydrogen-bond acceptors (Lipinski definition) is 7. The summed E-state index contributed by atoms with van der Waals surface area (Å²) < 4.78 is 0. The van der Waals surface area contributed by atoms with Crippen LogP contribution in [0.5, 0.6) is 0 Å². The lowest BCUT2D eigenvalue weighted by atomic mass is 10.1. The normalized spacial score (nSPS) is 11.6. The van der Waals surface area contributed by atoms with Gasteiger partial charge in [-0.05, 0) is 31.2 Å². The Kier molecular flexibility index (Phi) is 5.30. The average molecular weight is 495 g/mol. The number of carbonyl (C=O) groups is 1. The van der Waals surface area contributed by atoms with E-state index in [1.807, 2.05) is 32.2 Å². The van der Waals surface area contributed by atoms with Crippen LogP contribution in [0.1, 0.15) is 18.7 Å². The lowest BCUT2D eigenvalue weighted by molar-refractivity contribution is -0.118. The maximum absolute atomic E-state index is 12.1. The summed E-state index contributed by atoms with van der Waals surface area (Å²) in [5, 5.41) is 11.3. The first kappa shape index (κ1) is 22.1. The fourth-order valence-corrected chi connectivity index (χ4v) is 4.87. The Bertz CT molecular complexity index is 1750. The summed E-state index contributed by atoms with van der Waals surface area (Å²) in [6.07, 6.45) is 8.72. The zero-order chi connectivity index (χ0) is 24.8. The summed E-state index contributed by atoms with van der Waals surface area (Å²) in [6, 6.07) is 8.01. The lowest BCUT2D eigenvalue weighted by Crippen LogP contribution is -2.17. The van der Waals surface area contributed by atoms with E-state index >= 15 is 0 Å². The molecule has 6 aromatic rings. The molecule has 0 aliphatic rings. The minimum atomic E-state index is -0.125. The standard InChI is InChI=1S/C26H22N8OS/c1-13(2)26(35)30-16-6-15(8-27-9-16)19-7-17-20(12-29-19)33-34-24(17)25-31-21-11-28-10-18(23(21)32-25)22-5-4-14(3)36-22/h4-13H,1-3H3,(H,30,35)(H,31,32)(H,33,34). The minimum absolute atomic E-state index is 0.0639. The first-order chi connectivity index (χ1) is 17.5. The molecule has 0 aromatic carbocycles. The van der Waals surface area contributed by atoms with Gasteiger partial charge in [0.15, 0.2) is 5.82 Å². The van der Waals surface area contributed by atoms with Crippen LogP contribution in [0.25, 0.3) is 55.2 Å². The third-order valence-electron chi connectivity index (χ3n) is 5.90. The van der Waals surface area contributed by atoms with Gasteiger partial charge in [0.1, 0.15) is 11.2 Å². The van der Waals surface area contributed by atoms with Crippen molar-refractivity contribution in [2.75, 3.05) is 5.32 Å². The maximum atomic E-state index is 12.1. The van der Waals surface area contributed by atoms with E-state index in [0.29, 0.717) is 22.9 Å². The van der Waals surface area contributed by atoms with Gasteiger partial charge in [0.25, 0.3) is 0 Å². The molecule has 6 heterocycles. The van der Waals surface area contributed by atoms with Gasteiger partial charge in [0, 0.05) is 44.6 Å². The van der Waals surface area contributed by atoms with Crippen LogP contribution in [0.2, 0.25) is 0 Å². The molecule has 0 fully saturated rings. The zero-order valence-electron chi connectivity index (χ0n) is 19.8. The second-order valence-electron chi connectivity index (χ2n) is 8.87. The Morgan fingerprint density at radius 2 is 1.89 bits per heavy atom. The van der Waals surface area contributed by atoms with E-state index in [0.717, 1.165) is 37.9 Å². The van der Waals surface area contributed by atoms with Crippen LogP contribution < -0.4 is 5.32 Å². The number of aromatic amines is 2. The molecular formula is C26H22N8OS. The van der Waals surface area contributed by atoms with Crippen molar-refractivity contribution in [3.8, 4) is 33.2 Å². The quantitative estimate of drug-likeness (QED) is 0.287. The van der Waals surface area contributed by atoms with Crippen molar-refractivity contribution < 1.29 is 4.79 Å². The minimum Gasteiger partial charge on any atom is -0.335 e. The SMILES string of the molecule is Cc1ccc(-c2cncc3[nH]c(-c4n[nH]c5cnc(-c6cncc(NC(=O)C(C)C)c6)cc45)nc23)s1. The van der Waals surface area contributed by atoms with E-state index in [4.69, 9.17) is 4.98 Å². The summed E-state index contributed by atoms with van der Waals surface area (Å²) >= 11 is 1.71. The maximum Gasteiger partial charge on any atom is 0.226 e. The molecule has 0 aliphatic heterocycles. The fraction of sp³-hybridized carbons (Fsp3) is 0.154. The molecule has 36 heavy (non-hydrogen) atoms. The van der Waals surface area contributed by atoms with Gasteiger partial charge in [-0.2, -0.15) is 5.10 Å². The second-order valence-corrected chi connectivity index (χ2v) is 10.2. The fourth-order valence-electron chi connectivity index (χ4n) is 3.99. The monoisotopic (exact) mass is 494 g/mol. The topological polar surface area (TPSA) is 125 Å². The number of nitrogens with one attached hydrogen (secondary N) is 3. The highest BCUT2D eigenvalue weighted by Crippen LogP contribution is 2.34. The summed E-state index contributed by atoms with van der Waals surface area (Å²) in [6.45, 7) is 5.78. The molecule has 9 nitrogen and oxygen atoms in total. The van der Waals surface area contributed by atoms with Crippen molar-refractivity contribution in [3.63, 3.8) is 0 Å². The first-order valence-corrected chi connectivity index (χ1v) is 12.3. The van der Waals surface area contributed by atoms with E-state index in [1.165, 1.54) is 4.88 Å². The Hall–Kier alpha value is -4.44. The first-order valence-electron chi connectivity index (χ1n) is 11.5. The molecular weight excluding hydrogens is 472 g/mol. The van der Waals surface area contributed by atoms with Gasteiger partial charge >= 0.3 is 0 Å². The van der Waals surface area contributed by atoms with Crippen LogP contribution >= 0.6 is 11.3 Å². The number of rotatable bonds is 5. The van der Waals surface area contributed by atoms with Gasteiger partial charge in [-0.25, -0.2) is 4.98 Å². The molecule has 0 saturated heterocycles. The molecule has 6 rings (SSSR count). The van der Waals surface area contributed by atoms with Crippen molar-refractivity contribution in [1.82, 2.24) is 35.1 Å². The molecule has 0 aliphatic carbocycles. The van der Waals surface area contributed by atoms with Gasteiger partial charge in [0.05, 0.1) is 41.0 Å². The van der Waals surface area contributed by atoms with E-state index in [2.05, 4.69) is 54.5 Å². The third kappa shape index (κ3) is 3.91. The van der Waals surface area contributed by atoms with Crippen LogP contribution in [-0.2, 0) is 4.79 Å². The Morgan fingerprint density at radius 1 is 1.03 bits per heavy atom. The largest absolute Gasteiger partial charge is 0.335 e. The molecule has 1 amide bonds. The van der Waals surface area contributed by atoms with Crippen molar-refractivity contribution in [2.24, 2.45) is 5.92 Å². The second kappa shape index (κ2) is 8.65. The smallest absolute Gasteiger partial charge is 0.226 e. The number of imidazole rings is 1. The molecule has 0 atom stereocenters. The van der Waals surface area contributed by atoms with Gasteiger partial charge in [0.2, 0.25) is 5.91 Å². The van der Waals surface area contributed by atoms with Crippen molar-refractivity contribution in [3.05, 3.63) is 60.1 Å². The Balaban J connectivity index is 1.41. The highest BCUT2D eigenvalue weighted by molar-refractivity contribution is 7.15. The van der Waals surface area contributed by atoms with Gasteiger partial charge in [-0.1, -0.05) is 13.8 Å². The summed E-state index contributed by atoms with van der Waals surface area (Å²) in [5.74, 6) is 0.456. The number of anilines is 1. The number of thiophene rings is 1. The number of nitrogens with zero attached hydrogens (tertiary/aromatic N) is 5. The van der Waals surface area contributed by atoms with Crippen LogP contribution in [0.3, 0.4) is 0 Å². The Labute approximate surface area is 210 Å². The third-order valence-corrected chi connectivity index (χ3v) is 6.93. The molecule has 10 heteroatoms. The van der Waals surface area contributed by atoms with Crippen LogP contribution in [0.4, 0.5) is 5.69 Å². The summed E-state index contributed by atoms with van der Waals surface area (Å²) in [5.41, 5.74) is 6.29. The van der Waals surface area contributed by atoms with Crippen LogP contribution in [0.15, 0.2) is 55.2 Å². The zero-order valence-corrected chi connectivity index (χ0v) is 20.6. The van der Waals surface area contributed by atoms with E-state index in [1.54, 1.807) is 36.1 Å². The predicted octanol–water partition coefficient (Wildman–Crippen LogP) is 5.59. The highest BCUT2D eigenvalue weighted by Gasteiger charge is 2.17. The number of aromatic nitrogens is 7. The van der Waals surface area contributed by atoms with Gasteiger partial charge in [-0.15, -0.1) is 11.3 Å². The van der Waals surface area contributed by atoms with Crippen molar-refractivity contribution in [1.29, 1.82) is 0 Å². The highest BCUT2D eigenvalue weighted by atomic mass is 32.1. The molecule has 0 saturated carbocycles. The van der Waals surface area contributed by atoms with Crippen LogP contribution in [-0.4, -0.2) is 41.0 Å². The number of amides is 1. The molecule has 0 spiro atoms. The van der Waals surface area contributed by atoms with E-state index < -0.39 is 0 Å². The average Bonchev–Trinajstić information content (AvgIpc) is 3.61. The predicted molar refractivity (Wildman–Crippen MR) is 142 cm³/mol. The van der Waals surface area contributed by atoms with Crippen molar-refractivity contribution in [2.45, 2.75) is 20.8 Å². The molecule has 178 valence electrons. The number of fused-ring (bicyclic) bond motifs is 2. The molecule has 0 unspecified atom stereocenters. The van der Waals surface area contributed by atoms with Gasteiger partial charge in [-0.3, -0.25) is 24.8 Å². The summed E-state index contributed by atoms with van der Waals surface area (Å²) in [7, 11) is 0. The van der Waals surface area contributed by atoms with E-state index in [-0.39, 0.29) is 11.8 Å². The van der Waals surface area contributed by atoms with Gasteiger partial charge < -0.3 is 10.3 Å². The number of pyridine rings is 3. The number of H-pyrrole nitrogens is 2. The van der Waals surface area contributed by atoms with Crippen molar-refractivity contribution >= 4 is 44.9 Å². The molecule has 0 bridgehead atoms. The summed E-state index contributed by atoms with van der Waals surface area (Å²) in [4.78, 5) is 36.0. The lowest BCUT2D eigenvalue weighted by Gasteiger charge is -2.08.